The molecule has 0 aromatic rings. The summed E-state index contributed by atoms with van der Waals surface area (Å²) in [6.45, 7) is 4.14. The van der Waals surface area contributed by atoms with Gasteiger partial charge in [0.05, 0.1) is 0 Å². The number of rotatable bonds is 3. The Balaban J connectivity index is 3.58. The Morgan fingerprint density at radius 1 is 1.38 bits per heavy atom. The van der Waals surface area contributed by atoms with Crippen molar-refractivity contribution in [3.8, 4) is 0 Å². The SMILES string of the molecule is CCC(S)(CC)OC. The Kier molecular flexibility index (Phi) is 3.49. The van der Waals surface area contributed by atoms with Crippen LogP contribution in [0.25, 0.3) is 0 Å². The third-order valence-electron chi connectivity index (χ3n) is 1.48. The molecule has 0 aliphatic carbocycles. The van der Waals surface area contributed by atoms with E-state index in [1.54, 1.807) is 7.11 Å². The molecule has 0 bridgehead atoms. The van der Waals surface area contributed by atoms with Crippen molar-refractivity contribution >= 4 is 12.6 Å². The third-order valence-corrected chi connectivity index (χ3v) is 2.30. The van der Waals surface area contributed by atoms with E-state index in [9.17, 15) is 0 Å². The maximum absolute atomic E-state index is 5.10. The van der Waals surface area contributed by atoms with E-state index in [1.807, 2.05) is 0 Å². The fourth-order valence-electron chi connectivity index (χ4n) is 0.539. The minimum Gasteiger partial charge on any atom is -0.368 e. The van der Waals surface area contributed by atoms with Gasteiger partial charge < -0.3 is 4.74 Å². The zero-order valence-electron chi connectivity index (χ0n) is 5.77. The van der Waals surface area contributed by atoms with Crippen LogP contribution in [0.15, 0.2) is 0 Å². The highest BCUT2D eigenvalue weighted by molar-refractivity contribution is 7.81. The molecule has 2 heteroatoms. The van der Waals surface area contributed by atoms with Crippen molar-refractivity contribution in [2.45, 2.75) is 31.6 Å². The summed E-state index contributed by atoms with van der Waals surface area (Å²) in [5.74, 6) is 0. The van der Waals surface area contributed by atoms with Gasteiger partial charge in [0.1, 0.15) is 4.93 Å². The molecule has 0 aromatic heterocycles. The number of methoxy groups -OCH3 is 1. The van der Waals surface area contributed by atoms with E-state index in [4.69, 9.17) is 4.74 Å². The van der Waals surface area contributed by atoms with Crippen molar-refractivity contribution in [1.82, 2.24) is 0 Å². The first-order chi connectivity index (χ1) is 3.68. The van der Waals surface area contributed by atoms with Gasteiger partial charge in [0.15, 0.2) is 0 Å². The molecule has 0 N–H and O–H groups in total. The van der Waals surface area contributed by atoms with Gasteiger partial charge in [0, 0.05) is 7.11 Å². The van der Waals surface area contributed by atoms with E-state index in [-0.39, 0.29) is 4.93 Å². The summed E-state index contributed by atoms with van der Waals surface area (Å²) in [4.78, 5) is -0.181. The molecule has 0 aromatic carbocycles. The van der Waals surface area contributed by atoms with Gasteiger partial charge in [-0.1, -0.05) is 13.8 Å². The van der Waals surface area contributed by atoms with E-state index >= 15 is 0 Å². The molecule has 0 saturated heterocycles. The number of thiol groups is 1. The van der Waals surface area contributed by atoms with Crippen LogP contribution in [-0.2, 0) is 4.74 Å². The normalized spacial score (nSPS) is 12.0. The monoisotopic (exact) mass is 134 g/mol. The van der Waals surface area contributed by atoms with Crippen molar-refractivity contribution in [1.29, 1.82) is 0 Å². The van der Waals surface area contributed by atoms with Crippen LogP contribution in [0, 0.1) is 0 Å². The topological polar surface area (TPSA) is 9.23 Å². The molecule has 0 fully saturated rings. The minimum absolute atomic E-state index is 0.181. The molecule has 0 heterocycles. The molecule has 1 nitrogen and oxygen atoms in total. The summed E-state index contributed by atoms with van der Waals surface area (Å²) >= 11 is 4.30. The van der Waals surface area contributed by atoms with Crippen LogP contribution in [0.4, 0.5) is 0 Å². The Hall–Kier alpha value is 0.310. The fraction of sp³-hybridized carbons (Fsp3) is 1.00. The van der Waals surface area contributed by atoms with Crippen molar-refractivity contribution in [2.24, 2.45) is 0 Å². The molecule has 0 atom stereocenters. The fourth-order valence-corrected chi connectivity index (χ4v) is 0.539. The molecule has 0 radical (unpaired) electrons. The quantitative estimate of drug-likeness (QED) is 0.459. The van der Waals surface area contributed by atoms with Gasteiger partial charge in [0.2, 0.25) is 0 Å². The van der Waals surface area contributed by atoms with Gasteiger partial charge in [-0.05, 0) is 12.8 Å². The maximum Gasteiger partial charge on any atom is 0.110 e. The summed E-state index contributed by atoms with van der Waals surface area (Å²) in [6.07, 6.45) is 1.92. The number of ether oxygens (including phenoxy) is 1. The summed E-state index contributed by atoms with van der Waals surface area (Å²) in [6, 6.07) is 0. The number of hydrogen-bond donors (Lipinski definition) is 1. The lowest BCUT2D eigenvalue weighted by Gasteiger charge is -2.22. The average molecular weight is 134 g/mol. The molecule has 0 saturated carbocycles. The molecular formula is C6H14OS. The first kappa shape index (κ1) is 8.31. The minimum atomic E-state index is -0.181. The Morgan fingerprint density at radius 3 is 1.75 bits per heavy atom. The van der Waals surface area contributed by atoms with E-state index in [2.05, 4.69) is 26.5 Å². The van der Waals surface area contributed by atoms with Crippen LogP contribution in [0.5, 0.6) is 0 Å². The van der Waals surface area contributed by atoms with Gasteiger partial charge >= 0.3 is 0 Å². The molecule has 8 heavy (non-hydrogen) atoms. The standard InChI is InChI=1S/C6H14OS/c1-4-6(8,5-2)7-3/h8H,4-5H2,1-3H3. The molecular weight excluding hydrogens is 120 g/mol. The van der Waals surface area contributed by atoms with Gasteiger partial charge in [-0.25, -0.2) is 0 Å². The average Bonchev–Trinajstić information content (AvgIpc) is 1.87. The predicted molar refractivity (Wildman–Crippen MR) is 39.3 cm³/mol. The van der Waals surface area contributed by atoms with Crippen LogP contribution in [0.2, 0.25) is 0 Å². The van der Waals surface area contributed by atoms with Crippen molar-refractivity contribution in [3.63, 3.8) is 0 Å². The zero-order valence-corrected chi connectivity index (χ0v) is 6.66. The van der Waals surface area contributed by atoms with Crippen LogP contribution < -0.4 is 0 Å². The highest BCUT2D eigenvalue weighted by atomic mass is 32.1. The van der Waals surface area contributed by atoms with Gasteiger partial charge in [0.25, 0.3) is 0 Å². The molecule has 0 spiro atoms. The van der Waals surface area contributed by atoms with Crippen molar-refractivity contribution < 1.29 is 4.74 Å². The highest BCUT2D eigenvalue weighted by Gasteiger charge is 2.18. The molecule has 0 aliphatic heterocycles. The first-order valence-electron chi connectivity index (χ1n) is 2.96. The molecule has 50 valence electrons. The summed E-state index contributed by atoms with van der Waals surface area (Å²) in [5, 5.41) is 0. The van der Waals surface area contributed by atoms with E-state index < -0.39 is 0 Å². The first-order valence-corrected chi connectivity index (χ1v) is 3.40. The lowest BCUT2D eigenvalue weighted by atomic mass is 10.2. The van der Waals surface area contributed by atoms with Crippen LogP contribution >= 0.6 is 12.6 Å². The summed E-state index contributed by atoms with van der Waals surface area (Å²) < 4.78 is 5.10. The smallest absolute Gasteiger partial charge is 0.110 e. The molecule has 0 amide bonds. The second-order valence-electron chi connectivity index (χ2n) is 1.86. The Labute approximate surface area is 56.8 Å². The summed E-state index contributed by atoms with van der Waals surface area (Å²) in [5.41, 5.74) is 0. The Bertz CT molecular complexity index is 51.3. The maximum atomic E-state index is 5.10. The van der Waals surface area contributed by atoms with Crippen LogP contribution in [0.3, 0.4) is 0 Å². The second kappa shape index (κ2) is 3.36. The molecule has 0 rings (SSSR count). The van der Waals surface area contributed by atoms with E-state index in [0.29, 0.717) is 0 Å². The van der Waals surface area contributed by atoms with Crippen LogP contribution in [0.1, 0.15) is 26.7 Å². The zero-order chi connectivity index (χ0) is 6.62. The highest BCUT2D eigenvalue weighted by Crippen LogP contribution is 2.22. The lowest BCUT2D eigenvalue weighted by Crippen LogP contribution is -2.20. The van der Waals surface area contributed by atoms with Crippen molar-refractivity contribution in [3.05, 3.63) is 0 Å². The van der Waals surface area contributed by atoms with E-state index in [0.717, 1.165) is 12.8 Å². The number of hydrogen-bond acceptors (Lipinski definition) is 2. The third kappa shape index (κ3) is 2.05. The predicted octanol–water partition coefficient (Wildman–Crippen LogP) is 2.08. The lowest BCUT2D eigenvalue weighted by molar-refractivity contribution is 0.0667. The van der Waals surface area contributed by atoms with Gasteiger partial charge in [-0.15, -0.1) is 12.6 Å². The van der Waals surface area contributed by atoms with Gasteiger partial charge in [-0.3, -0.25) is 0 Å². The van der Waals surface area contributed by atoms with Crippen LogP contribution in [-0.4, -0.2) is 12.0 Å². The Morgan fingerprint density at radius 2 is 1.75 bits per heavy atom. The molecule has 0 unspecified atom stereocenters. The van der Waals surface area contributed by atoms with E-state index in [1.165, 1.54) is 0 Å². The summed E-state index contributed by atoms with van der Waals surface area (Å²) in [7, 11) is 1.69. The second-order valence-corrected chi connectivity index (χ2v) is 2.67. The van der Waals surface area contributed by atoms with Crippen molar-refractivity contribution in [2.75, 3.05) is 7.11 Å². The van der Waals surface area contributed by atoms with Gasteiger partial charge in [-0.2, -0.15) is 0 Å². The molecule has 0 aliphatic rings. The largest absolute Gasteiger partial charge is 0.368 e.